The quantitative estimate of drug-likeness (QED) is 0.195. The number of oxime groups is 1. The van der Waals surface area contributed by atoms with E-state index in [1.165, 1.54) is 0 Å². The number of nitriles is 1. The highest BCUT2D eigenvalue weighted by Gasteiger charge is 2.71. The van der Waals surface area contributed by atoms with E-state index in [2.05, 4.69) is 45.8 Å². The maximum atomic E-state index is 14.5. The number of carbonyl (C=O) groups excluding carboxylic acids is 3. The molecule has 0 unspecified atom stereocenters. The van der Waals surface area contributed by atoms with Crippen LogP contribution in [0.1, 0.15) is 100 Å². The van der Waals surface area contributed by atoms with Gasteiger partial charge in [-0.3, -0.25) is 9.59 Å². The lowest BCUT2D eigenvalue weighted by molar-refractivity contribution is -0.193. The number of nitrogens with zero attached hydrogens (tertiary/aromatic N) is 2. The molecule has 0 aliphatic heterocycles. The van der Waals surface area contributed by atoms with Crippen LogP contribution in [0.15, 0.2) is 28.5 Å². The summed E-state index contributed by atoms with van der Waals surface area (Å²) in [7, 11) is 0. The number of hydrogen-bond acceptors (Lipinski definition) is 6. The summed E-state index contributed by atoms with van der Waals surface area (Å²) in [4.78, 5) is 46.9. The number of fused-ring (bicyclic) bond motifs is 7. The van der Waals surface area contributed by atoms with E-state index in [0.29, 0.717) is 19.3 Å². The van der Waals surface area contributed by atoms with Crippen LogP contribution in [0.2, 0.25) is 0 Å². The van der Waals surface area contributed by atoms with Gasteiger partial charge in [0, 0.05) is 16.7 Å². The maximum Gasteiger partial charge on any atom is 0.341 e. The SMILES string of the molecule is C/C(N)=N/OC(=O)[C@]12CCC(C)(C)C[C@H]1[C@H]1C(=O)C=C3[C@@]4(C)C=C(C#N)C(=O)C(C)(C)[C@@H]4CC[C@@]3(C)[C@]1(C)CC2. The molecule has 0 aromatic heterocycles. The number of amidine groups is 1. The summed E-state index contributed by atoms with van der Waals surface area (Å²) >= 11 is 0. The predicted molar refractivity (Wildman–Crippen MR) is 152 cm³/mol. The van der Waals surface area contributed by atoms with E-state index in [4.69, 9.17) is 10.6 Å². The van der Waals surface area contributed by atoms with Gasteiger partial charge in [-0.2, -0.15) is 5.26 Å². The number of Topliss-reactive ketones (excluding diaryl/α,β-unsaturated/α-hetero) is 1. The molecule has 0 aromatic carbocycles. The Balaban J connectivity index is 1.67. The fourth-order valence-electron chi connectivity index (χ4n) is 10.2. The van der Waals surface area contributed by atoms with Crippen molar-refractivity contribution in [2.45, 2.75) is 100 Å². The molecule has 3 fully saturated rings. The lowest BCUT2D eigenvalue weighted by Gasteiger charge is -2.68. The number of hydrogen-bond donors (Lipinski definition) is 1. The van der Waals surface area contributed by atoms with Crippen LogP contribution in [0.25, 0.3) is 0 Å². The highest BCUT2D eigenvalue weighted by Crippen LogP contribution is 2.74. The van der Waals surface area contributed by atoms with Crippen molar-refractivity contribution in [3.8, 4) is 6.07 Å². The average molecular weight is 548 g/mol. The van der Waals surface area contributed by atoms with Crippen molar-refractivity contribution in [3.05, 3.63) is 23.3 Å². The molecule has 3 saturated carbocycles. The molecule has 0 spiro atoms. The Hall–Kier alpha value is -2.75. The smallest absolute Gasteiger partial charge is 0.341 e. The van der Waals surface area contributed by atoms with E-state index >= 15 is 0 Å². The van der Waals surface area contributed by atoms with Crippen molar-refractivity contribution >= 4 is 23.4 Å². The second-order valence-electron chi connectivity index (χ2n) is 15.5. The first-order valence-corrected chi connectivity index (χ1v) is 14.9. The molecule has 40 heavy (non-hydrogen) atoms. The van der Waals surface area contributed by atoms with Gasteiger partial charge >= 0.3 is 5.97 Å². The second-order valence-corrected chi connectivity index (χ2v) is 15.5. The van der Waals surface area contributed by atoms with Gasteiger partial charge in [0.05, 0.1) is 11.0 Å². The molecule has 2 N–H and O–H groups in total. The van der Waals surface area contributed by atoms with Crippen LogP contribution in [0.5, 0.6) is 0 Å². The minimum absolute atomic E-state index is 0.000474. The summed E-state index contributed by atoms with van der Waals surface area (Å²) in [6, 6.07) is 2.16. The number of nitrogens with two attached hydrogens (primary N) is 1. The Bertz CT molecular complexity index is 1330. The molecular weight excluding hydrogens is 502 g/mol. The van der Waals surface area contributed by atoms with Gasteiger partial charge in [-0.15, -0.1) is 0 Å². The highest BCUT2D eigenvalue weighted by atomic mass is 16.7. The van der Waals surface area contributed by atoms with E-state index in [-0.39, 0.29) is 62.9 Å². The molecule has 0 radical (unpaired) electrons. The largest absolute Gasteiger partial charge is 0.385 e. The van der Waals surface area contributed by atoms with Crippen molar-refractivity contribution in [1.82, 2.24) is 0 Å². The summed E-state index contributed by atoms with van der Waals surface area (Å²) < 4.78 is 0. The number of rotatable bonds is 2. The first-order valence-electron chi connectivity index (χ1n) is 14.9. The number of ketones is 2. The molecule has 7 nitrogen and oxygen atoms in total. The Morgan fingerprint density at radius 3 is 2.33 bits per heavy atom. The van der Waals surface area contributed by atoms with Gasteiger partial charge in [0.2, 0.25) is 0 Å². The fraction of sp³-hybridized carbons (Fsp3) is 0.727. The summed E-state index contributed by atoms with van der Waals surface area (Å²) in [5, 5.41) is 13.7. The minimum Gasteiger partial charge on any atom is -0.385 e. The van der Waals surface area contributed by atoms with E-state index < -0.39 is 16.2 Å². The van der Waals surface area contributed by atoms with Gasteiger partial charge in [0.1, 0.15) is 11.9 Å². The molecule has 0 amide bonds. The van der Waals surface area contributed by atoms with Crippen LogP contribution < -0.4 is 5.73 Å². The van der Waals surface area contributed by atoms with Crippen LogP contribution in [0.4, 0.5) is 0 Å². The fourth-order valence-corrected chi connectivity index (χ4v) is 10.2. The van der Waals surface area contributed by atoms with Crippen molar-refractivity contribution in [3.63, 3.8) is 0 Å². The predicted octanol–water partition coefficient (Wildman–Crippen LogP) is 6.04. The third-order valence-corrected chi connectivity index (χ3v) is 12.5. The molecule has 5 aliphatic rings. The lowest BCUT2D eigenvalue weighted by atomic mass is 9.34. The first-order chi connectivity index (χ1) is 18.4. The van der Waals surface area contributed by atoms with Gasteiger partial charge < -0.3 is 10.6 Å². The third kappa shape index (κ3) is 3.59. The minimum atomic E-state index is -0.774. The highest BCUT2D eigenvalue weighted by molar-refractivity contribution is 6.04. The second kappa shape index (κ2) is 8.63. The average Bonchev–Trinajstić information content (AvgIpc) is 2.86. The first kappa shape index (κ1) is 28.8. The van der Waals surface area contributed by atoms with Crippen molar-refractivity contribution in [2.24, 2.45) is 61.1 Å². The molecule has 0 heterocycles. The van der Waals surface area contributed by atoms with Crippen molar-refractivity contribution in [2.75, 3.05) is 0 Å². The molecule has 7 heteroatoms. The molecule has 216 valence electrons. The normalized spacial score (nSPS) is 43.6. The van der Waals surface area contributed by atoms with Crippen LogP contribution in [0.3, 0.4) is 0 Å². The van der Waals surface area contributed by atoms with Gasteiger partial charge in [-0.25, -0.2) is 4.79 Å². The van der Waals surface area contributed by atoms with Crippen molar-refractivity contribution in [1.29, 1.82) is 5.26 Å². The van der Waals surface area contributed by atoms with Crippen LogP contribution in [-0.2, 0) is 19.2 Å². The monoisotopic (exact) mass is 547 g/mol. The Morgan fingerprint density at radius 2 is 1.70 bits per heavy atom. The summed E-state index contributed by atoms with van der Waals surface area (Å²) in [6.45, 7) is 16.6. The molecular formula is C33H45N3O4. The van der Waals surface area contributed by atoms with Gasteiger partial charge in [-0.05, 0) is 86.0 Å². The van der Waals surface area contributed by atoms with Crippen LogP contribution >= 0.6 is 0 Å². The zero-order valence-corrected chi connectivity index (χ0v) is 25.4. The standard InChI is InChI=1S/C33H45N3O4/c1-19(35)36-40-27(39)33-13-11-28(2,3)17-21(33)25-22(37)15-24-30(6)16-20(18-34)26(38)29(4,5)23(30)9-10-31(24,7)32(25,8)12-14-33/h15-16,21,23,25H,9-14,17H2,1-8H3,(H2,35,36)/t21-,23-,25-,30-,31+,32+,33-/m0/s1. The molecule has 5 aliphatic carbocycles. The topological polar surface area (TPSA) is 123 Å². The number of allylic oxidation sites excluding steroid dienone is 4. The lowest BCUT2D eigenvalue weighted by Crippen LogP contribution is -2.65. The molecule has 0 aromatic rings. The van der Waals surface area contributed by atoms with Gasteiger partial charge in [0.25, 0.3) is 0 Å². The molecule has 7 atom stereocenters. The Kier molecular flexibility index (Phi) is 6.21. The van der Waals surface area contributed by atoms with E-state index in [1.54, 1.807) is 6.92 Å². The van der Waals surface area contributed by atoms with Gasteiger partial charge in [0.15, 0.2) is 11.6 Å². The zero-order valence-electron chi connectivity index (χ0n) is 25.4. The molecule has 0 saturated heterocycles. The summed E-state index contributed by atoms with van der Waals surface area (Å²) in [5.74, 6) is -0.709. The summed E-state index contributed by atoms with van der Waals surface area (Å²) in [5.41, 5.74) is 4.19. The summed E-state index contributed by atoms with van der Waals surface area (Å²) in [6.07, 6.45) is 9.08. The molecule has 5 rings (SSSR count). The zero-order chi connectivity index (χ0) is 29.7. The number of carbonyl (C=O) groups is 3. The van der Waals surface area contributed by atoms with E-state index in [9.17, 15) is 19.6 Å². The maximum absolute atomic E-state index is 14.5. The van der Waals surface area contributed by atoms with E-state index in [0.717, 1.165) is 31.3 Å². The van der Waals surface area contributed by atoms with Gasteiger partial charge in [-0.1, -0.05) is 65.3 Å². The van der Waals surface area contributed by atoms with E-state index in [1.807, 2.05) is 26.0 Å². The van der Waals surface area contributed by atoms with Crippen molar-refractivity contribution < 1.29 is 19.2 Å². The molecule has 0 bridgehead atoms. The van der Waals surface area contributed by atoms with Crippen LogP contribution in [-0.4, -0.2) is 23.4 Å². The Morgan fingerprint density at radius 1 is 1.05 bits per heavy atom. The Labute approximate surface area is 238 Å². The van der Waals surface area contributed by atoms with Crippen LogP contribution in [0, 0.1) is 61.6 Å². The third-order valence-electron chi connectivity index (χ3n) is 12.5.